The van der Waals surface area contributed by atoms with Gasteiger partial charge >= 0.3 is 0 Å². The van der Waals surface area contributed by atoms with Crippen LogP contribution in [-0.4, -0.2) is 57.2 Å². The molecule has 12 heteroatoms. The van der Waals surface area contributed by atoms with Crippen molar-refractivity contribution in [3.63, 3.8) is 0 Å². The van der Waals surface area contributed by atoms with Gasteiger partial charge in [0.2, 0.25) is 11.9 Å². The summed E-state index contributed by atoms with van der Waals surface area (Å²) in [6.07, 6.45) is 1.40. The van der Waals surface area contributed by atoms with E-state index in [4.69, 9.17) is 27.9 Å². The minimum atomic E-state index is -0.572. The van der Waals surface area contributed by atoms with Crippen LogP contribution in [0.15, 0.2) is 41.7 Å². The molecule has 0 radical (unpaired) electrons. The second-order valence-electron chi connectivity index (χ2n) is 6.93. The van der Waals surface area contributed by atoms with E-state index in [2.05, 4.69) is 20.5 Å². The Morgan fingerprint density at radius 1 is 1.25 bits per heavy atom. The Kier molecular flexibility index (Phi) is 7.14. The van der Waals surface area contributed by atoms with Gasteiger partial charge in [-0.3, -0.25) is 9.36 Å². The molecule has 1 aliphatic rings. The molecule has 1 aromatic carbocycles. The molecule has 1 amide bonds. The number of carbonyl (C=O) groups excluding carboxylic acids is 1. The number of ether oxygens (including phenoxy) is 1. The lowest BCUT2D eigenvalue weighted by molar-refractivity contribution is -0.115. The number of hydrogen-bond donors (Lipinski definition) is 1. The number of anilines is 2. The highest BCUT2D eigenvalue weighted by Gasteiger charge is 2.25. The molecule has 0 spiro atoms. The molecule has 0 saturated carbocycles. The zero-order valence-corrected chi connectivity index (χ0v) is 19.3. The van der Waals surface area contributed by atoms with Crippen LogP contribution in [0.3, 0.4) is 0 Å². The highest BCUT2D eigenvalue weighted by atomic mass is 35.5. The van der Waals surface area contributed by atoms with Gasteiger partial charge in [-0.1, -0.05) is 41.0 Å². The van der Waals surface area contributed by atoms with Crippen LogP contribution in [-0.2, 0) is 9.53 Å². The van der Waals surface area contributed by atoms with E-state index in [1.807, 2.05) is 4.90 Å². The van der Waals surface area contributed by atoms with E-state index >= 15 is 0 Å². The summed E-state index contributed by atoms with van der Waals surface area (Å²) in [7, 11) is 0. The smallest absolute Gasteiger partial charge is 0.238 e. The van der Waals surface area contributed by atoms with Crippen molar-refractivity contribution < 1.29 is 13.9 Å². The van der Waals surface area contributed by atoms with Gasteiger partial charge in [-0.15, -0.1) is 10.2 Å². The number of halogens is 3. The molecule has 32 heavy (non-hydrogen) atoms. The van der Waals surface area contributed by atoms with Crippen LogP contribution in [0.4, 0.5) is 16.2 Å². The third-order valence-electron chi connectivity index (χ3n) is 4.68. The first-order chi connectivity index (χ1) is 15.4. The van der Waals surface area contributed by atoms with Crippen LogP contribution in [0.5, 0.6) is 0 Å². The Labute approximate surface area is 198 Å². The molecule has 1 aliphatic heterocycles. The van der Waals surface area contributed by atoms with E-state index in [1.54, 1.807) is 23.6 Å². The lowest BCUT2D eigenvalue weighted by atomic mass is 10.3. The number of nitrogens with zero attached hydrogens (tertiary/aromatic N) is 5. The zero-order valence-electron chi connectivity index (χ0n) is 17.0. The van der Waals surface area contributed by atoms with E-state index in [0.29, 0.717) is 48.1 Å². The molecule has 3 heterocycles. The van der Waals surface area contributed by atoms with Crippen molar-refractivity contribution in [3.05, 3.63) is 52.4 Å². The molecule has 168 valence electrons. The van der Waals surface area contributed by atoms with E-state index in [0.717, 1.165) is 0 Å². The van der Waals surface area contributed by atoms with Gasteiger partial charge in [0.15, 0.2) is 11.0 Å². The molecular weight excluding hydrogens is 478 g/mol. The number of pyridine rings is 1. The molecule has 1 unspecified atom stereocenters. The van der Waals surface area contributed by atoms with Crippen LogP contribution in [0.25, 0.3) is 5.69 Å². The Bertz CT molecular complexity index is 1130. The Morgan fingerprint density at radius 3 is 2.75 bits per heavy atom. The summed E-state index contributed by atoms with van der Waals surface area (Å²) in [6, 6.07) is 7.65. The maximum Gasteiger partial charge on any atom is 0.238 e. The lowest BCUT2D eigenvalue weighted by Crippen LogP contribution is -2.38. The van der Waals surface area contributed by atoms with Gasteiger partial charge < -0.3 is 15.0 Å². The first-order valence-corrected chi connectivity index (χ1v) is 11.4. The molecule has 1 saturated heterocycles. The average molecular weight is 497 g/mol. The van der Waals surface area contributed by atoms with Crippen molar-refractivity contribution in [2.45, 2.75) is 17.3 Å². The van der Waals surface area contributed by atoms with Gasteiger partial charge in [-0.25, -0.2) is 9.37 Å². The molecule has 1 N–H and O–H groups in total. The first-order valence-electron chi connectivity index (χ1n) is 9.75. The Morgan fingerprint density at radius 2 is 2.03 bits per heavy atom. The van der Waals surface area contributed by atoms with Crippen molar-refractivity contribution in [1.29, 1.82) is 0 Å². The van der Waals surface area contributed by atoms with Gasteiger partial charge in [-0.2, -0.15) is 0 Å². The van der Waals surface area contributed by atoms with Gasteiger partial charge in [0.1, 0.15) is 5.82 Å². The summed E-state index contributed by atoms with van der Waals surface area (Å²) < 4.78 is 21.1. The average Bonchev–Trinajstić information content (AvgIpc) is 3.19. The van der Waals surface area contributed by atoms with Crippen molar-refractivity contribution >= 4 is 52.6 Å². The number of aromatic nitrogens is 4. The zero-order chi connectivity index (χ0) is 22.7. The van der Waals surface area contributed by atoms with Gasteiger partial charge in [0.05, 0.1) is 34.2 Å². The topological polar surface area (TPSA) is 85.2 Å². The van der Waals surface area contributed by atoms with Crippen molar-refractivity contribution in [3.8, 4) is 5.69 Å². The van der Waals surface area contributed by atoms with E-state index in [9.17, 15) is 9.18 Å². The summed E-state index contributed by atoms with van der Waals surface area (Å²) in [5.41, 5.74) is 0.564. The quantitative estimate of drug-likeness (QED) is 0.514. The van der Waals surface area contributed by atoms with Crippen LogP contribution in [0.1, 0.15) is 6.92 Å². The predicted octanol–water partition coefficient (Wildman–Crippen LogP) is 4.06. The molecule has 0 aliphatic carbocycles. The number of carbonyl (C=O) groups is 1. The molecule has 8 nitrogen and oxygen atoms in total. The molecule has 3 aromatic rings. The van der Waals surface area contributed by atoms with Crippen molar-refractivity contribution in [1.82, 2.24) is 19.7 Å². The molecular formula is C20H19Cl2FN6O2S. The van der Waals surface area contributed by atoms with Crippen LogP contribution in [0.2, 0.25) is 10.0 Å². The van der Waals surface area contributed by atoms with E-state index in [-0.39, 0.29) is 22.6 Å². The highest BCUT2D eigenvalue weighted by molar-refractivity contribution is 8.00. The van der Waals surface area contributed by atoms with E-state index in [1.165, 1.54) is 36.2 Å². The lowest BCUT2D eigenvalue weighted by Gasteiger charge is -2.28. The minimum Gasteiger partial charge on any atom is -0.378 e. The number of rotatable bonds is 6. The van der Waals surface area contributed by atoms with Crippen molar-refractivity contribution in [2.75, 3.05) is 36.5 Å². The monoisotopic (exact) mass is 496 g/mol. The summed E-state index contributed by atoms with van der Waals surface area (Å²) >= 11 is 13.2. The third-order valence-corrected chi connectivity index (χ3v) is 6.21. The van der Waals surface area contributed by atoms with Gasteiger partial charge in [0.25, 0.3) is 0 Å². The maximum atomic E-state index is 14.0. The largest absolute Gasteiger partial charge is 0.378 e. The van der Waals surface area contributed by atoms with Gasteiger partial charge in [-0.05, 0) is 31.2 Å². The van der Waals surface area contributed by atoms with Crippen LogP contribution < -0.4 is 10.2 Å². The molecule has 1 atom stereocenters. The second-order valence-corrected chi connectivity index (χ2v) is 9.08. The molecule has 1 fully saturated rings. The Hall–Kier alpha value is -2.40. The van der Waals surface area contributed by atoms with E-state index < -0.39 is 5.25 Å². The summed E-state index contributed by atoms with van der Waals surface area (Å²) in [4.78, 5) is 18.8. The molecule has 4 rings (SSSR count). The fourth-order valence-electron chi connectivity index (χ4n) is 3.08. The number of thioether (sulfide) groups is 1. The summed E-state index contributed by atoms with van der Waals surface area (Å²) in [5.74, 6) is 0.0771. The number of nitrogens with one attached hydrogen (secondary N) is 1. The van der Waals surface area contributed by atoms with Crippen LogP contribution in [0, 0.1) is 5.82 Å². The third kappa shape index (κ3) is 5.15. The number of benzene rings is 1. The normalized spacial score (nSPS) is 14.9. The number of amides is 1. The molecule has 0 bridgehead atoms. The minimum absolute atomic E-state index is 0.217. The fourth-order valence-corrected chi connectivity index (χ4v) is 4.37. The second kappa shape index (κ2) is 10.0. The van der Waals surface area contributed by atoms with Gasteiger partial charge in [0, 0.05) is 19.3 Å². The molecule has 2 aromatic heterocycles. The summed E-state index contributed by atoms with van der Waals surface area (Å²) in [5, 5.41) is 11.8. The SMILES string of the molecule is CC(Sc1nnc(N2CCOCC2)n1-c1cccc(F)c1)C(=O)Nc1ncc(Cl)cc1Cl. The summed E-state index contributed by atoms with van der Waals surface area (Å²) in [6.45, 7) is 4.12. The number of hydrogen-bond acceptors (Lipinski definition) is 7. The van der Waals surface area contributed by atoms with Crippen molar-refractivity contribution in [2.24, 2.45) is 0 Å². The highest BCUT2D eigenvalue weighted by Crippen LogP contribution is 2.31. The standard InChI is InChI=1S/C20H19Cl2FN6O2S/c1-12(18(30)25-17-16(22)9-13(21)11-24-17)32-20-27-26-19(28-5-7-31-8-6-28)29(20)15-4-2-3-14(23)10-15/h2-4,9-12H,5-8H2,1H3,(H,24,25,30). The Balaban J connectivity index is 1.59. The predicted molar refractivity (Wildman–Crippen MR) is 123 cm³/mol. The maximum absolute atomic E-state index is 14.0. The first kappa shape index (κ1) is 22.8. The fraction of sp³-hybridized carbons (Fsp3) is 0.300. The van der Waals surface area contributed by atoms with Crippen LogP contribution >= 0.6 is 35.0 Å². The number of morpholine rings is 1.